The fourth-order valence-electron chi connectivity index (χ4n) is 3.30. The number of ether oxygens (including phenoxy) is 1. The van der Waals surface area contributed by atoms with Gasteiger partial charge in [0.1, 0.15) is 18.9 Å². The molecule has 9 heteroatoms. The zero-order chi connectivity index (χ0) is 24.9. The van der Waals surface area contributed by atoms with Gasteiger partial charge in [0.15, 0.2) is 0 Å². The molecule has 0 atom stereocenters. The molecule has 0 bridgehead atoms. The molecule has 6 nitrogen and oxygen atoms in total. The summed E-state index contributed by atoms with van der Waals surface area (Å²) in [4.78, 5) is 39.0. The second-order valence-electron chi connectivity index (χ2n) is 7.77. The fourth-order valence-corrected chi connectivity index (χ4v) is 6.27. The third-order valence-corrected chi connectivity index (χ3v) is 7.56. The molecule has 3 aromatic carbocycles. The number of hydrogen-bond acceptors (Lipinski definition) is 5. The SMILES string of the molecule is Cc1ccc(NC(=O)CN2C(=O)S/C(=C/c3cc(I)c(OCc4ccccc4)c(I)c3)C2=O)cc1. The van der Waals surface area contributed by atoms with Crippen molar-refractivity contribution in [2.45, 2.75) is 13.5 Å². The molecule has 0 saturated carbocycles. The molecule has 1 N–H and O–H groups in total. The van der Waals surface area contributed by atoms with Gasteiger partial charge in [0.2, 0.25) is 5.91 Å². The largest absolute Gasteiger partial charge is 0.487 e. The molecule has 1 aliphatic heterocycles. The van der Waals surface area contributed by atoms with Crippen LogP contribution in [0, 0.1) is 14.1 Å². The van der Waals surface area contributed by atoms with Gasteiger partial charge in [0.05, 0.1) is 12.0 Å². The first-order valence-electron chi connectivity index (χ1n) is 10.6. The zero-order valence-corrected chi connectivity index (χ0v) is 23.7. The summed E-state index contributed by atoms with van der Waals surface area (Å²) in [5.41, 5.74) is 3.53. The van der Waals surface area contributed by atoms with Crippen molar-refractivity contribution >= 4 is 85.8 Å². The van der Waals surface area contributed by atoms with Crippen LogP contribution in [0.15, 0.2) is 71.6 Å². The summed E-state index contributed by atoms with van der Waals surface area (Å²) < 4.78 is 7.81. The Morgan fingerprint density at radius 1 is 1.03 bits per heavy atom. The molecule has 4 rings (SSSR count). The highest BCUT2D eigenvalue weighted by Crippen LogP contribution is 2.35. The molecule has 0 radical (unpaired) electrons. The molecule has 1 heterocycles. The highest BCUT2D eigenvalue weighted by molar-refractivity contribution is 14.1. The first kappa shape index (κ1) is 25.7. The lowest BCUT2D eigenvalue weighted by atomic mass is 10.2. The van der Waals surface area contributed by atoms with Crippen LogP contribution in [0.3, 0.4) is 0 Å². The van der Waals surface area contributed by atoms with E-state index in [4.69, 9.17) is 4.74 Å². The summed E-state index contributed by atoms with van der Waals surface area (Å²) in [6.45, 7) is 2.07. The number of carbonyl (C=O) groups excluding carboxylic acids is 3. The maximum atomic E-state index is 12.9. The van der Waals surface area contributed by atoms with Crippen molar-refractivity contribution in [2.75, 3.05) is 11.9 Å². The average molecular weight is 710 g/mol. The van der Waals surface area contributed by atoms with Crippen LogP contribution in [0.5, 0.6) is 5.75 Å². The minimum absolute atomic E-state index is 0.280. The second kappa shape index (κ2) is 11.6. The van der Waals surface area contributed by atoms with E-state index in [0.29, 0.717) is 12.3 Å². The number of anilines is 1. The van der Waals surface area contributed by atoms with Gasteiger partial charge >= 0.3 is 0 Å². The van der Waals surface area contributed by atoms with Crippen molar-refractivity contribution < 1.29 is 19.1 Å². The van der Waals surface area contributed by atoms with E-state index in [-0.39, 0.29) is 11.4 Å². The van der Waals surface area contributed by atoms with Gasteiger partial charge in [-0.25, -0.2) is 0 Å². The van der Waals surface area contributed by atoms with Crippen LogP contribution in [-0.4, -0.2) is 28.5 Å². The molecular weight excluding hydrogens is 690 g/mol. The van der Waals surface area contributed by atoms with Gasteiger partial charge in [0.25, 0.3) is 11.1 Å². The van der Waals surface area contributed by atoms with Crippen LogP contribution >= 0.6 is 56.9 Å². The lowest BCUT2D eigenvalue weighted by molar-refractivity contribution is -0.127. The molecule has 1 fully saturated rings. The Balaban J connectivity index is 1.43. The molecule has 1 aliphatic rings. The molecule has 1 saturated heterocycles. The topological polar surface area (TPSA) is 75.7 Å². The van der Waals surface area contributed by atoms with Crippen molar-refractivity contribution in [3.63, 3.8) is 0 Å². The lowest BCUT2D eigenvalue weighted by Crippen LogP contribution is -2.36. The smallest absolute Gasteiger partial charge is 0.294 e. The number of halogens is 2. The van der Waals surface area contributed by atoms with Crippen molar-refractivity contribution in [1.82, 2.24) is 4.90 Å². The van der Waals surface area contributed by atoms with E-state index in [1.54, 1.807) is 18.2 Å². The highest BCUT2D eigenvalue weighted by atomic mass is 127. The van der Waals surface area contributed by atoms with Crippen LogP contribution in [0.2, 0.25) is 0 Å². The second-order valence-corrected chi connectivity index (χ2v) is 11.1. The van der Waals surface area contributed by atoms with Crippen LogP contribution in [-0.2, 0) is 16.2 Å². The molecule has 0 unspecified atom stereocenters. The number of benzene rings is 3. The summed E-state index contributed by atoms with van der Waals surface area (Å²) in [6, 6.07) is 21.0. The Bertz CT molecular complexity index is 1290. The van der Waals surface area contributed by atoms with E-state index in [2.05, 4.69) is 50.5 Å². The van der Waals surface area contributed by atoms with Gasteiger partial charge in [0, 0.05) is 5.69 Å². The van der Waals surface area contributed by atoms with Gasteiger partial charge in [-0.2, -0.15) is 0 Å². The monoisotopic (exact) mass is 710 g/mol. The van der Waals surface area contributed by atoms with E-state index in [1.165, 1.54) is 0 Å². The zero-order valence-electron chi connectivity index (χ0n) is 18.6. The first-order valence-corrected chi connectivity index (χ1v) is 13.6. The van der Waals surface area contributed by atoms with Crippen LogP contribution in [0.4, 0.5) is 10.5 Å². The first-order chi connectivity index (χ1) is 16.8. The third kappa shape index (κ3) is 6.64. The van der Waals surface area contributed by atoms with Crippen molar-refractivity contribution in [3.05, 3.63) is 95.5 Å². The number of nitrogens with zero attached hydrogens (tertiary/aromatic N) is 1. The summed E-state index contributed by atoms with van der Waals surface area (Å²) >= 11 is 5.24. The summed E-state index contributed by atoms with van der Waals surface area (Å²) in [7, 11) is 0. The Morgan fingerprint density at radius 2 is 1.69 bits per heavy atom. The number of amides is 3. The third-order valence-electron chi connectivity index (χ3n) is 5.06. The summed E-state index contributed by atoms with van der Waals surface area (Å²) in [6.07, 6.45) is 1.67. The van der Waals surface area contributed by atoms with Crippen LogP contribution in [0.1, 0.15) is 16.7 Å². The number of nitrogens with one attached hydrogen (secondary N) is 1. The normalized spacial score (nSPS) is 14.5. The molecule has 0 spiro atoms. The van der Waals surface area contributed by atoms with E-state index in [0.717, 1.165) is 46.2 Å². The molecule has 3 amide bonds. The van der Waals surface area contributed by atoms with Crippen molar-refractivity contribution in [1.29, 1.82) is 0 Å². The van der Waals surface area contributed by atoms with Crippen LogP contribution < -0.4 is 10.1 Å². The molecular formula is C26H20I2N2O4S. The molecule has 3 aromatic rings. The maximum Gasteiger partial charge on any atom is 0.294 e. The van der Waals surface area contributed by atoms with Gasteiger partial charge in [-0.15, -0.1) is 0 Å². The number of aryl methyl sites for hydroxylation is 1. The number of carbonyl (C=O) groups is 3. The molecule has 0 aliphatic carbocycles. The van der Waals surface area contributed by atoms with E-state index >= 15 is 0 Å². The Hall–Kier alpha value is -2.38. The predicted octanol–water partition coefficient (Wildman–Crippen LogP) is 6.46. The number of imide groups is 1. The predicted molar refractivity (Wildman–Crippen MR) is 155 cm³/mol. The number of hydrogen-bond donors (Lipinski definition) is 1. The summed E-state index contributed by atoms with van der Waals surface area (Å²) in [5.74, 6) is -0.136. The van der Waals surface area contributed by atoms with Gasteiger partial charge in [-0.3, -0.25) is 19.3 Å². The van der Waals surface area contributed by atoms with Gasteiger partial charge in [-0.1, -0.05) is 48.0 Å². The minimum Gasteiger partial charge on any atom is -0.487 e. The Labute approximate surface area is 234 Å². The lowest BCUT2D eigenvalue weighted by Gasteiger charge is -2.13. The molecule has 0 aromatic heterocycles. The van der Waals surface area contributed by atoms with Gasteiger partial charge in [-0.05, 0) is 105 Å². The number of thioether (sulfide) groups is 1. The van der Waals surface area contributed by atoms with Crippen molar-refractivity contribution in [3.8, 4) is 5.75 Å². The standard InChI is InChI=1S/C26H20I2N2O4S/c1-16-7-9-19(10-8-16)29-23(31)14-30-25(32)22(35-26(30)33)13-18-11-20(27)24(21(28)12-18)34-15-17-5-3-2-4-6-17/h2-13H,14-15H2,1H3,(H,29,31)/b22-13+. The van der Waals surface area contributed by atoms with E-state index in [1.807, 2.05) is 61.5 Å². The minimum atomic E-state index is -0.478. The quantitative estimate of drug-likeness (QED) is 0.225. The van der Waals surface area contributed by atoms with Gasteiger partial charge < -0.3 is 10.1 Å². The fraction of sp³-hybridized carbons (Fsp3) is 0.115. The molecule has 35 heavy (non-hydrogen) atoms. The highest BCUT2D eigenvalue weighted by Gasteiger charge is 2.36. The number of rotatable bonds is 7. The Kier molecular flexibility index (Phi) is 8.50. The average Bonchev–Trinajstić information content (AvgIpc) is 3.08. The Morgan fingerprint density at radius 3 is 2.34 bits per heavy atom. The summed E-state index contributed by atoms with van der Waals surface area (Å²) in [5, 5.41) is 2.25. The van der Waals surface area contributed by atoms with E-state index < -0.39 is 17.1 Å². The molecule has 178 valence electrons. The van der Waals surface area contributed by atoms with E-state index in [9.17, 15) is 14.4 Å². The maximum absolute atomic E-state index is 12.9. The van der Waals surface area contributed by atoms with Crippen LogP contribution in [0.25, 0.3) is 6.08 Å². The van der Waals surface area contributed by atoms with Crippen molar-refractivity contribution in [2.24, 2.45) is 0 Å².